The van der Waals surface area contributed by atoms with Crippen LogP contribution in [0.2, 0.25) is 0 Å². The molecule has 0 radical (unpaired) electrons. The third kappa shape index (κ3) is 16.6. The Morgan fingerprint density at radius 2 is 1.38 bits per heavy atom. The minimum atomic E-state index is -0.294. The Morgan fingerprint density at radius 1 is 0.810 bits per heavy atom. The zero-order valence-electron chi connectivity index (χ0n) is 13.9. The molecule has 0 bridgehead atoms. The summed E-state index contributed by atoms with van der Waals surface area (Å²) in [7, 11) is 1.39. The van der Waals surface area contributed by atoms with Gasteiger partial charge in [0.1, 0.15) is 0 Å². The average molecular weight is 292 g/mol. The van der Waals surface area contributed by atoms with Crippen LogP contribution >= 0.6 is 0 Å². The molecule has 0 fully saturated rings. The van der Waals surface area contributed by atoms with Gasteiger partial charge < -0.3 is 4.74 Å². The van der Waals surface area contributed by atoms with Gasteiger partial charge >= 0.3 is 5.97 Å². The largest absolute Gasteiger partial charge is 0.466 e. The molecule has 2 heteroatoms. The van der Waals surface area contributed by atoms with Crippen molar-refractivity contribution < 1.29 is 9.53 Å². The maximum Gasteiger partial charge on any atom is 0.330 e. The number of allylic oxidation sites excluding steroid dienone is 5. The highest BCUT2D eigenvalue weighted by molar-refractivity contribution is 5.81. The van der Waals surface area contributed by atoms with Gasteiger partial charge in [0.05, 0.1) is 7.11 Å². The summed E-state index contributed by atoms with van der Waals surface area (Å²) in [5.74, 6) is -0.294. The van der Waals surface area contributed by atoms with E-state index < -0.39 is 0 Å². The van der Waals surface area contributed by atoms with Crippen LogP contribution in [0.1, 0.15) is 71.1 Å². The van der Waals surface area contributed by atoms with E-state index in [1.807, 2.05) is 6.08 Å². The van der Waals surface area contributed by atoms with Gasteiger partial charge in [-0.15, -0.1) is 0 Å². The highest BCUT2D eigenvalue weighted by atomic mass is 16.5. The molecule has 2 nitrogen and oxygen atoms in total. The first-order valence-corrected chi connectivity index (χ1v) is 8.35. The topological polar surface area (TPSA) is 26.3 Å². The summed E-state index contributed by atoms with van der Waals surface area (Å²) in [5.41, 5.74) is 0. The van der Waals surface area contributed by atoms with Gasteiger partial charge in [0.25, 0.3) is 0 Å². The average Bonchev–Trinajstić information content (AvgIpc) is 2.50. The predicted octanol–water partition coefficient (Wildman–Crippen LogP) is 5.75. The lowest BCUT2D eigenvalue weighted by Gasteiger charge is -1.98. The summed E-state index contributed by atoms with van der Waals surface area (Å²) in [4.78, 5) is 10.8. The van der Waals surface area contributed by atoms with Gasteiger partial charge in [-0.05, 0) is 25.7 Å². The molecule has 0 heterocycles. The molecule has 0 rings (SSSR count). The van der Waals surface area contributed by atoms with E-state index in [0.717, 1.165) is 12.8 Å². The third-order valence-corrected chi connectivity index (χ3v) is 3.31. The fourth-order valence-corrected chi connectivity index (χ4v) is 2.02. The van der Waals surface area contributed by atoms with E-state index in [-0.39, 0.29) is 5.97 Å². The third-order valence-electron chi connectivity index (χ3n) is 3.31. The zero-order chi connectivity index (χ0) is 15.6. The number of hydrogen-bond acceptors (Lipinski definition) is 2. The van der Waals surface area contributed by atoms with E-state index in [4.69, 9.17) is 0 Å². The van der Waals surface area contributed by atoms with E-state index in [0.29, 0.717) is 0 Å². The van der Waals surface area contributed by atoms with Crippen LogP contribution in [-0.2, 0) is 9.53 Å². The maximum absolute atomic E-state index is 10.8. The molecular formula is C19H32O2. The summed E-state index contributed by atoms with van der Waals surface area (Å²) in [6.07, 6.45) is 24.5. The quantitative estimate of drug-likeness (QED) is 0.187. The Morgan fingerprint density at radius 3 is 2.05 bits per heavy atom. The standard InChI is InChI=1S/C19H32O2/c1-3-4-5-6-7-8-9-10-11-12-13-14-15-16-17-18-19(20)21-2/h11-12,14-15,17-18H,3-10,13,16H2,1-2H3/b12-11-,15-14-,18-17+. The first-order valence-electron chi connectivity index (χ1n) is 8.35. The Kier molecular flexibility index (Phi) is 15.7. The Bertz CT molecular complexity index is 314. The van der Waals surface area contributed by atoms with Crippen molar-refractivity contribution in [3.05, 3.63) is 36.5 Å². The van der Waals surface area contributed by atoms with E-state index in [1.165, 1.54) is 64.6 Å². The Balaban J connectivity index is 3.32. The molecule has 0 aromatic heterocycles. The van der Waals surface area contributed by atoms with Gasteiger partial charge in [0, 0.05) is 6.08 Å². The van der Waals surface area contributed by atoms with Gasteiger partial charge in [0.15, 0.2) is 0 Å². The van der Waals surface area contributed by atoms with Crippen molar-refractivity contribution in [3.63, 3.8) is 0 Å². The number of methoxy groups -OCH3 is 1. The van der Waals surface area contributed by atoms with Crippen molar-refractivity contribution in [1.29, 1.82) is 0 Å². The monoisotopic (exact) mass is 292 g/mol. The summed E-state index contributed by atoms with van der Waals surface area (Å²) in [5, 5.41) is 0. The highest BCUT2D eigenvalue weighted by Gasteiger charge is 1.89. The molecule has 0 amide bonds. The number of carbonyl (C=O) groups is 1. The van der Waals surface area contributed by atoms with E-state index in [1.54, 1.807) is 0 Å². The van der Waals surface area contributed by atoms with Crippen LogP contribution in [0.5, 0.6) is 0 Å². The number of rotatable bonds is 13. The van der Waals surface area contributed by atoms with Gasteiger partial charge in [-0.2, -0.15) is 0 Å². The second-order valence-electron chi connectivity index (χ2n) is 5.25. The van der Waals surface area contributed by atoms with Gasteiger partial charge in [-0.25, -0.2) is 4.79 Å². The predicted molar refractivity (Wildman–Crippen MR) is 91.3 cm³/mol. The Labute approximate surface area is 131 Å². The summed E-state index contributed by atoms with van der Waals surface area (Å²) in [6.45, 7) is 2.26. The number of esters is 1. The molecule has 0 N–H and O–H groups in total. The minimum Gasteiger partial charge on any atom is -0.466 e. The van der Waals surface area contributed by atoms with Crippen molar-refractivity contribution in [3.8, 4) is 0 Å². The van der Waals surface area contributed by atoms with Crippen LogP contribution in [0.25, 0.3) is 0 Å². The molecule has 0 aliphatic rings. The second kappa shape index (κ2) is 16.7. The molecule has 0 saturated heterocycles. The molecule has 21 heavy (non-hydrogen) atoms. The van der Waals surface area contributed by atoms with Gasteiger partial charge in [0.2, 0.25) is 0 Å². The highest BCUT2D eigenvalue weighted by Crippen LogP contribution is 2.08. The minimum absolute atomic E-state index is 0.294. The molecule has 0 atom stereocenters. The molecule has 0 aliphatic carbocycles. The fourth-order valence-electron chi connectivity index (χ4n) is 2.02. The summed E-state index contributed by atoms with van der Waals surface area (Å²) in [6, 6.07) is 0. The summed E-state index contributed by atoms with van der Waals surface area (Å²) >= 11 is 0. The first-order chi connectivity index (χ1) is 10.3. The maximum atomic E-state index is 10.8. The van der Waals surface area contributed by atoms with Crippen LogP contribution in [-0.4, -0.2) is 13.1 Å². The second-order valence-corrected chi connectivity index (χ2v) is 5.25. The molecule has 0 spiro atoms. The zero-order valence-corrected chi connectivity index (χ0v) is 13.9. The van der Waals surface area contributed by atoms with Crippen LogP contribution in [0.15, 0.2) is 36.5 Å². The molecule has 0 aromatic rings. The normalized spacial score (nSPS) is 11.9. The smallest absolute Gasteiger partial charge is 0.330 e. The number of hydrogen-bond donors (Lipinski definition) is 0. The number of carbonyl (C=O) groups excluding carboxylic acids is 1. The van der Waals surface area contributed by atoms with Crippen LogP contribution in [0.3, 0.4) is 0 Å². The lowest BCUT2D eigenvalue weighted by molar-refractivity contribution is -0.134. The van der Waals surface area contributed by atoms with Crippen LogP contribution in [0.4, 0.5) is 0 Å². The van der Waals surface area contributed by atoms with E-state index >= 15 is 0 Å². The number of unbranched alkanes of at least 4 members (excludes halogenated alkanes) is 7. The van der Waals surface area contributed by atoms with Crippen molar-refractivity contribution in [2.24, 2.45) is 0 Å². The number of ether oxygens (including phenoxy) is 1. The van der Waals surface area contributed by atoms with Crippen molar-refractivity contribution in [1.82, 2.24) is 0 Å². The SMILES string of the molecule is CCCCCCCCC/C=C\C/C=C\C/C=C/C(=O)OC. The lowest BCUT2D eigenvalue weighted by atomic mass is 10.1. The van der Waals surface area contributed by atoms with E-state index in [2.05, 4.69) is 36.0 Å². The molecular weight excluding hydrogens is 260 g/mol. The van der Waals surface area contributed by atoms with Crippen LogP contribution < -0.4 is 0 Å². The summed E-state index contributed by atoms with van der Waals surface area (Å²) < 4.78 is 4.51. The Hall–Kier alpha value is -1.31. The van der Waals surface area contributed by atoms with Crippen LogP contribution in [0, 0.1) is 0 Å². The molecule has 0 unspecified atom stereocenters. The molecule has 0 saturated carbocycles. The van der Waals surface area contributed by atoms with Crippen molar-refractivity contribution in [2.75, 3.05) is 7.11 Å². The lowest BCUT2D eigenvalue weighted by Crippen LogP contribution is -1.92. The van der Waals surface area contributed by atoms with Crippen molar-refractivity contribution in [2.45, 2.75) is 71.1 Å². The fraction of sp³-hybridized carbons (Fsp3) is 0.632. The first kappa shape index (κ1) is 19.7. The van der Waals surface area contributed by atoms with Crippen molar-refractivity contribution >= 4 is 5.97 Å². The van der Waals surface area contributed by atoms with Gasteiger partial charge in [-0.1, -0.05) is 75.8 Å². The molecule has 0 aromatic carbocycles. The molecule has 120 valence electrons. The van der Waals surface area contributed by atoms with Gasteiger partial charge in [-0.3, -0.25) is 0 Å². The van der Waals surface area contributed by atoms with E-state index in [9.17, 15) is 4.79 Å². The molecule has 0 aliphatic heterocycles.